The molecule has 0 radical (unpaired) electrons. The van der Waals surface area contributed by atoms with Crippen LogP contribution in [0.1, 0.15) is 16.1 Å². The van der Waals surface area contributed by atoms with Crippen LogP contribution in [0.5, 0.6) is 0 Å². The number of benzene rings is 1. The fourth-order valence-electron chi connectivity index (χ4n) is 1.25. The fraction of sp³-hybridized carbons (Fsp3) is 0. The highest BCUT2D eigenvalue weighted by Gasteiger charge is 2.02. The van der Waals surface area contributed by atoms with Crippen LogP contribution in [0.25, 0.3) is 0 Å². The van der Waals surface area contributed by atoms with Crippen LogP contribution in [-0.4, -0.2) is 17.1 Å². The lowest BCUT2D eigenvalue weighted by Crippen LogP contribution is -2.17. The number of hydrazone groups is 1. The molecule has 1 heterocycles. The molecule has 2 N–H and O–H groups in total. The van der Waals surface area contributed by atoms with Crippen molar-refractivity contribution < 1.29 is 4.79 Å². The van der Waals surface area contributed by atoms with Gasteiger partial charge in [-0.05, 0) is 36.4 Å². The van der Waals surface area contributed by atoms with Crippen LogP contribution in [0.4, 0.5) is 0 Å². The Bertz CT molecular complexity index is 517. The van der Waals surface area contributed by atoms with E-state index in [9.17, 15) is 4.79 Å². The van der Waals surface area contributed by atoms with Gasteiger partial charge in [-0.2, -0.15) is 5.10 Å². The van der Waals surface area contributed by atoms with Crippen molar-refractivity contribution in [2.45, 2.75) is 0 Å². The number of nitrogens with zero attached hydrogens (tertiary/aromatic N) is 1. The van der Waals surface area contributed by atoms with Gasteiger partial charge in [-0.3, -0.25) is 4.79 Å². The second-order valence-corrected chi connectivity index (χ2v) is 4.25. The average Bonchev–Trinajstić information content (AvgIpc) is 2.83. The first-order valence-corrected chi connectivity index (χ1v) is 5.77. The second-order valence-electron chi connectivity index (χ2n) is 3.33. The van der Waals surface area contributed by atoms with Gasteiger partial charge in [0.15, 0.2) is 0 Å². The number of H-pyrrole nitrogens is 1. The largest absolute Gasteiger partial charge is 0.360 e. The van der Waals surface area contributed by atoms with Crippen LogP contribution < -0.4 is 5.43 Å². The van der Waals surface area contributed by atoms with E-state index in [0.29, 0.717) is 5.56 Å². The molecule has 1 aromatic heterocycles. The first-order valence-electron chi connectivity index (χ1n) is 4.98. The summed E-state index contributed by atoms with van der Waals surface area (Å²) < 4.78 is 0.934. The highest BCUT2D eigenvalue weighted by atomic mass is 79.9. The Labute approximate surface area is 107 Å². The quantitative estimate of drug-likeness (QED) is 0.663. The Hall–Kier alpha value is -1.88. The summed E-state index contributed by atoms with van der Waals surface area (Å²) in [6, 6.07) is 10.8. The van der Waals surface area contributed by atoms with Gasteiger partial charge in [0.05, 0.1) is 11.9 Å². The molecule has 5 heteroatoms. The molecule has 1 amide bonds. The monoisotopic (exact) mass is 291 g/mol. The number of hydrogen-bond donors (Lipinski definition) is 2. The molecule has 0 bridgehead atoms. The summed E-state index contributed by atoms with van der Waals surface area (Å²) in [5, 5.41) is 3.85. The topological polar surface area (TPSA) is 57.2 Å². The summed E-state index contributed by atoms with van der Waals surface area (Å²) in [5.41, 5.74) is 3.85. The molecule has 0 saturated carbocycles. The normalized spacial score (nSPS) is 10.6. The molecule has 4 nitrogen and oxygen atoms in total. The molecular formula is C12H10BrN3O. The minimum atomic E-state index is -0.236. The summed E-state index contributed by atoms with van der Waals surface area (Å²) in [7, 11) is 0. The maximum absolute atomic E-state index is 11.6. The Kier molecular flexibility index (Phi) is 3.72. The molecule has 1 aromatic carbocycles. The number of hydrogen-bond acceptors (Lipinski definition) is 2. The van der Waals surface area contributed by atoms with Crippen LogP contribution in [0.3, 0.4) is 0 Å². The van der Waals surface area contributed by atoms with E-state index < -0.39 is 0 Å². The lowest BCUT2D eigenvalue weighted by atomic mass is 10.2. The molecule has 86 valence electrons. The summed E-state index contributed by atoms with van der Waals surface area (Å²) in [5.74, 6) is -0.236. The lowest BCUT2D eigenvalue weighted by Gasteiger charge is -1.99. The molecule has 0 unspecified atom stereocenters. The van der Waals surface area contributed by atoms with Crippen LogP contribution >= 0.6 is 15.9 Å². The summed E-state index contributed by atoms with van der Waals surface area (Å²) >= 11 is 3.31. The van der Waals surface area contributed by atoms with Crippen LogP contribution in [0.15, 0.2) is 52.2 Å². The fourth-order valence-corrected chi connectivity index (χ4v) is 1.52. The lowest BCUT2D eigenvalue weighted by molar-refractivity contribution is 0.0955. The van der Waals surface area contributed by atoms with Crippen molar-refractivity contribution in [2.24, 2.45) is 5.10 Å². The SMILES string of the molecule is O=C(N/N=C\c1ccc[nH]1)c1ccc(Br)cc1. The van der Waals surface area contributed by atoms with Gasteiger partial charge >= 0.3 is 0 Å². The maximum atomic E-state index is 11.6. The summed E-state index contributed by atoms with van der Waals surface area (Å²) in [6.45, 7) is 0. The van der Waals surface area contributed by atoms with Gasteiger partial charge in [-0.25, -0.2) is 5.43 Å². The van der Waals surface area contributed by atoms with Crippen LogP contribution in [0.2, 0.25) is 0 Å². The Balaban J connectivity index is 1.96. The first kappa shape index (κ1) is 11.6. The van der Waals surface area contributed by atoms with Gasteiger partial charge in [-0.15, -0.1) is 0 Å². The van der Waals surface area contributed by atoms with E-state index in [4.69, 9.17) is 0 Å². The van der Waals surface area contributed by atoms with Crippen molar-refractivity contribution in [3.05, 3.63) is 58.3 Å². The number of aromatic nitrogens is 1. The minimum absolute atomic E-state index is 0.236. The van der Waals surface area contributed by atoms with E-state index in [1.807, 2.05) is 24.3 Å². The number of nitrogens with one attached hydrogen (secondary N) is 2. The Morgan fingerprint density at radius 1 is 1.29 bits per heavy atom. The Morgan fingerprint density at radius 3 is 2.71 bits per heavy atom. The third-order valence-electron chi connectivity index (χ3n) is 2.10. The number of rotatable bonds is 3. The predicted molar refractivity (Wildman–Crippen MR) is 70.0 cm³/mol. The van der Waals surface area contributed by atoms with Gasteiger partial charge in [0.2, 0.25) is 0 Å². The molecule has 17 heavy (non-hydrogen) atoms. The van der Waals surface area contributed by atoms with Gasteiger partial charge < -0.3 is 4.98 Å². The molecule has 0 aliphatic heterocycles. The highest BCUT2D eigenvalue weighted by Crippen LogP contribution is 2.10. The van der Waals surface area contributed by atoms with Crippen LogP contribution in [-0.2, 0) is 0 Å². The predicted octanol–water partition coefficient (Wildman–Crippen LogP) is 2.54. The van der Waals surface area contributed by atoms with Gasteiger partial charge in [0.1, 0.15) is 0 Å². The molecular weight excluding hydrogens is 282 g/mol. The minimum Gasteiger partial charge on any atom is -0.360 e. The third kappa shape index (κ3) is 3.29. The molecule has 2 rings (SSSR count). The zero-order valence-electron chi connectivity index (χ0n) is 8.85. The highest BCUT2D eigenvalue weighted by molar-refractivity contribution is 9.10. The van der Waals surface area contributed by atoms with Crippen molar-refractivity contribution in [3.63, 3.8) is 0 Å². The number of carbonyl (C=O) groups is 1. The molecule has 0 spiro atoms. The molecule has 0 aliphatic rings. The van der Waals surface area contributed by atoms with Crippen molar-refractivity contribution >= 4 is 28.1 Å². The number of amides is 1. The second kappa shape index (κ2) is 5.45. The van der Waals surface area contributed by atoms with Crippen molar-refractivity contribution in [1.82, 2.24) is 10.4 Å². The average molecular weight is 292 g/mol. The zero-order valence-corrected chi connectivity index (χ0v) is 10.4. The standard InChI is InChI=1S/C12H10BrN3O/c13-10-5-3-9(4-6-10)12(17)16-15-8-11-2-1-7-14-11/h1-8,14H,(H,16,17)/b15-8-. The Morgan fingerprint density at radius 2 is 2.06 bits per heavy atom. The smallest absolute Gasteiger partial charge is 0.271 e. The number of halogens is 1. The first-order chi connectivity index (χ1) is 8.25. The van der Waals surface area contributed by atoms with Crippen molar-refractivity contribution in [2.75, 3.05) is 0 Å². The van der Waals surface area contributed by atoms with Crippen molar-refractivity contribution in [3.8, 4) is 0 Å². The van der Waals surface area contributed by atoms with Crippen molar-refractivity contribution in [1.29, 1.82) is 0 Å². The number of carbonyl (C=O) groups excluding carboxylic acids is 1. The van der Waals surface area contributed by atoms with E-state index in [-0.39, 0.29) is 5.91 Å². The maximum Gasteiger partial charge on any atom is 0.271 e. The molecule has 0 aliphatic carbocycles. The molecule has 0 fully saturated rings. The van der Waals surface area contributed by atoms with E-state index in [1.165, 1.54) is 0 Å². The molecule has 0 atom stereocenters. The zero-order chi connectivity index (χ0) is 12.1. The summed E-state index contributed by atoms with van der Waals surface area (Å²) in [4.78, 5) is 14.6. The van der Waals surface area contributed by atoms with Crippen LogP contribution in [0, 0.1) is 0 Å². The van der Waals surface area contributed by atoms with Gasteiger partial charge in [0, 0.05) is 16.2 Å². The van der Waals surface area contributed by atoms with E-state index in [1.54, 1.807) is 24.5 Å². The van der Waals surface area contributed by atoms with Gasteiger partial charge in [0.25, 0.3) is 5.91 Å². The molecule has 0 saturated heterocycles. The number of aromatic amines is 1. The van der Waals surface area contributed by atoms with E-state index in [2.05, 4.69) is 31.4 Å². The van der Waals surface area contributed by atoms with E-state index in [0.717, 1.165) is 10.2 Å². The summed E-state index contributed by atoms with van der Waals surface area (Å²) in [6.07, 6.45) is 3.34. The molecule has 2 aromatic rings. The van der Waals surface area contributed by atoms with E-state index >= 15 is 0 Å². The van der Waals surface area contributed by atoms with Gasteiger partial charge in [-0.1, -0.05) is 15.9 Å². The third-order valence-corrected chi connectivity index (χ3v) is 2.63.